The third-order valence-electron chi connectivity index (χ3n) is 5.82. The highest BCUT2D eigenvalue weighted by Crippen LogP contribution is 2.31. The molecule has 33 heavy (non-hydrogen) atoms. The zero-order chi connectivity index (χ0) is 22.9. The first-order valence-electron chi connectivity index (χ1n) is 10.6. The monoisotopic (exact) mass is 452 g/mol. The maximum atomic E-state index is 13.3. The molecule has 0 N–H and O–H groups in total. The van der Waals surface area contributed by atoms with Crippen molar-refractivity contribution < 1.29 is 23.5 Å². The predicted molar refractivity (Wildman–Crippen MR) is 115 cm³/mol. The van der Waals surface area contributed by atoms with Crippen molar-refractivity contribution in [3.05, 3.63) is 65.0 Å². The van der Waals surface area contributed by atoms with E-state index in [0.717, 1.165) is 0 Å². The fourth-order valence-corrected chi connectivity index (χ4v) is 4.01. The smallest absolute Gasteiger partial charge is 0.267 e. The molecule has 2 aliphatic rings. The summed E-state index contributed by atoms with van der Waals surface area (Å²) in [5.41, 5.74) is -0.163. The van der Waals surface area contributed by atoms with Gasteiger partial charge in [0.15, 0.2) is 11.5 Å². The molecule has 0 radical (unpaired) electrons. The van der Waals surface area contributed by atoms with Crippen LogP contribution in [0.3, 0.4) is 0 Å². The number of ether oxygens (including phenoxy) is 2. The van der Waals surface area contributed by atoms with Gasteiger partial charge in [0.2, 0.25) is 12.0 Å². The van der Waals surface area contributed by atoms with Gasteiger partial charge in [-0.15, -0.1) is 0 Å². The summed E-state index contributed by atoms with van der Waals surface area (Å²) in [4.78, 5) is 45.6. The first kappa shape index (κ1) is 20.9. The number of para-hydroxylation sites is 2. The van der Waals surface area contributed by atoms with Crippen LogP contribution in [0.5, 0.6) is 11.5 Å². The molecule has 1 aromatic heterocycles. The molecular formula is C23H21FN4O5. The second kappa shape index (κ2) is 8.53. The normalized spacial score (nSPS) is 17.8. The van der Waals surface area contributed by atoms with Crippen LogP contribution < -0.4 is 15.0 Å². The minimum atomic E-state index is -0.728. The van der Waals surface area contributed by atoms with Gasteiger partial charge in [0.25, 0.3) is 11.5 Å². The highest BCUT2D eigenvalue weighted by molar-refractivity contribution is 5.83. The zero-order valence-electron chi connectivity index (χ0n) is 17.6. The molecule has 0 spiro atoms. The van der Waals surface area contributed by atoms with Gasteiger partial charge in [0, 0.05) is 32.2 Å². The molecule has 2 amide bonds. The highest BCUT2D eigenvalue weighted by Gasteiger charge is 2.33. The SMILES string of the molecule is O=C(Cn1cnc2cc(F)ccc2c1=O)N1CCN(C(=O)[C@H]2COc3ccccc3O2)CC1. The average molecular weight is 452 g/mol. The lowest BCUT2D eigenvalue weighted by Gasteiger charge is -2.37. The molecule has 2 aliphatic heterocycles. The van der Waals surface area contributed by atoms with Crippen molar-refractivity contribution in [3.8, 4) is 11.5 Å². The summed E-state index contributed by atoms with van der Waals surface area (Å²) in [6.07, 6.45) is 0.522. The van der Waals surface area contributed by atoms with E-state index in [0.29, 0.717) is 37.7 Å². The van der Waals surface area contributed by atoms with Crippen molar-refractivity contribution in [2.24, 2.45) is 0 Å². The first-order valence-corrected chi connectivity index (χ1v) is 10.6. The number of carbonyl (C=O) groups excluding carboxylic acids is 2. The van der Waals surface area contributed by atoms with E-state index in [1.165, 1.54) is 29.1 Å². The zero-order valence-corrected chi connectivity index (χ0v) is 17.6. The van der Waals surface area contributed by atoms with Crippen molar-refractivity contribution >= 4 is 22.7 Å². The van der Waals surface area contributed by atoms with Crippen molar-refractivity contribution in [2.45, 2.75) is 12.6 Å². The van der Waals surface area contributed by atoms with Gasteiger partial charge in [-0.2, -0.15) is 0 Å². The summed E-state index contributed by atoms with van der Waals surface area (Å²) in [5.74, 6) is 0.232. The maximum absolute atomic E-state index is 13.3. The summed E-state index contributed by atoms with van der Waals surface area (Å²) in [7, 11) is 0. The minimum absolute atomic E-state index is 0.136. The topological polar surface area (TPSA) is 94.0 Å². The Hall–Kier alpha value is -3.95. The number of halogens is 1. The van der Waals surface area contributed by atoms with Gasteiger partial charge in [0.05, 0.1) is 17.2 Å². The number of carbonyl (C=O) groups is 2. The van der Waals surface area contributed by atoms with Gasteiger partial charge in [0.1, 0.15) is 19.0 Å². The van der Waals surface area contributed by atoms with Gasteiger partial charge in [-0.05, 0) is 24.3 Å². The molecule has 1 fully saturated rings. The first-order chi connectivity index (χ1) is 16.0. The molecular weight excluding hydrogens is 431 g/mol. The Kier molecular flexibility index (Phi) is 5.41. The molecule has 0 bridgehead atoms. The van der Waals surface area contributed by atoms with Gasteiger partial charge in [-0.25, -0.2) is 9.37 Å². The lowest BCUT2D eigenvalue weighted by atomic mass is 10.2. The van der Waals surface area contributed by atoms with Crippen LogP contribution in [-0.4, -0.2) is 70.1 Å². The fourth-order valence-electron chi connectivity index (χ4n) is 4.01. The highest BCUT2D eigenvalue weighted by atomic mass is 19.1. The predicted octanol–water partition coefficient (Wildman–Crippen LogP) is 1.05. The Morgan fingerprint density at radius 3 is 2.55 bits per heavy atom. The fraction of sp³-hybridized carbons (Fsp3) is 0.304. The summed E-state index contributed by atoms with van der Waals surface area (Å²) in [6.45, 7) is 1.36. The molecule has 10 heteroatoms. The average Bonchev–Trinajstić information content (AvgIpc) is 2.85. The summed E-state index contributed by atoms with van der Waals surface area (Å²) >= 11 is 0. The van der Waals surface area contributed by atoms with Crippen LogP contribution in [0.2, 0.25) is 0 Å². The Morgan fingerprint density at radius 2 is 1.76 bits per heavy atom. The van der Waals surface area contributed by atoms with E-state index in [-0.39, 0.29) is 35.9 Å². The van der Waals surface area contributed by atoms with Crippen LogP contribution in [0.1, 0.15) is 0 Å². The Balaban J connectivity index is 1.19. The number of rotatable bonds is 3. The standard InChI is InChI=1S/C23H21FN4O5/c24-15-5-6-16-17(11-15)25-14-28(22(16)30)12-21(29)26-7-9-27(10-8-26)23(31)20-13-32-18-3-1-2-4-19(18)33-20/h1-6,11,14,20H,7-10,12-13H2/t20-/m1/s1. The van der Waals surface area contributed by atoms with Crippen LogP contribution in [0, 0.1) is 5.82 Å². The molecule has 3 heterocycles. The Morgan fingerprint density at radius 1 is 1.03 bits per heavy atom. The number of hydrogen-bond donors (Lipinski definition) is 0. The number of benzene rings is 2. The number of amides is 2. The van der Waals surface area contributed by atoms with Crippen LogP contribution in [0.15, 0.2) is 53.6 Å². The molecule has 0 unspecified atom stereocenters. The van der Waals surface area contributed by atoms with Crippen LogP contribution in [-0.2, 0) is 16.1 Å². The largest absolute Gasteiger partial charge is 0.485 e. The van der Waals surface area contributed by atoms with Gasteiger partial charge in [-0.1, -0.05) is 12.1 Å². The quantitative estimate of drug-likeness (QED) is 0.590. The Bertz CT molecular complexity index is 1290. The molecule has 170 valence electrons. The molecule has 5 rings (SSSR count). The molecule has 2 aromatic carbocycles. The maximum Gasteiger partial charge on any atom is 0.267 e. The number of hydrogen-bond acceptors (Lipinski definition) is 6. The van der Waals surface area contributed by atoms with E-state index in [1.807, 2.05) is 12.1 Å². The summed E-state index contributed by atoms with van der Waals surface area (Å²) in [5, 5.41) is 0.249. The van der Waals surface area contributed by atoms with Crippen LogP contribution in [0.4, 0.5) is 4.39 Å². The van der Waals surface area contributed by atoms with E-state index < -0.39 is 17.5 Å². The minimum Gasteiger partial charge on any atom is -0.485 e. The van der Waals surface area contributed by atoms with Gasteiger partial charge >= 0.3 is 0 Å². The van der Waals surface area contributed by atoms with E-state index in [2.05, 4.69) is 4.98 Å². The molecule has 0 saturated carbocycles. The van der Waals surface area contributed by atoms with E-state index in [1.54, 1.807) is 21.9 Å². The van der Waals surface area contributed by atoms with Crippen molar-refractivity contribution in [1.82, 2.24) is 19.4 Å². The molecule has 1 atom stereocenters. The van der Waals surface area contributed by atoms with Crippen molar-refractivity contribution in [2.75, 3.05) is 32.8 Å². The molecule has 1 saturated heterocycles. The molecule has 0 aliphatic carbocycles. The summed E-state index contributed by atoms with van der Waals surface area (Å²) in [6, 6.07) is 10.9. The second-order valence-electron chi connectivity index (χ2n) is 7.91. The third kappa shape index (κ3) is 4.11. The Labute approximate surface area is 187 Å². The van der Waals surface area contributed by atoms with E-state index in [4.69, 9.17) is 9.47 Å². The number of aromatic nitrogens is 2. The van der Waals surface area contributed by atoms with Crippen molar-refractivity contribution in [3.63, 3.8) is 0 Å². The number of piperazine rings is 1. The summed E-state index contributed by atoms with van der Waals surface area (Å²) < 4.78 is 26.0. The van der Waals surface area contributed by atoms with Crippen LogP contribution >= 0.6 is 0 Å². The lowest BCUT2D eigenvalue weighted by molar-refractivity contribution is -0.146. The third-order valence-corrected chi connectivity index (χ3v) is 5.82. The molecule has 9 nitrogen and oxygen atoms in total. The van der Waals surface area contributed by atoms with Gasteiger partial charge in [-0.3, -0.25) is 19.0 Å². The van der Waals surface area contributed by atoms with E-state index in [9.17, 15) is 18.8 Å². The van der Waals surface area contributed by atoms with Crippen LogP contribution in [0.25, 0.3) is 10.9 Å². The van der Waals surface area contributed by atoms with Crippen molar-refractivity contribution in [1.29, 1.82) is 0 Å². The number of nitrogens with zero attached hydrogens (tertiary/aromatic N) is 4. The van der Waals surface area contributed by atoms with Gasteiger partial charge < -0.3 is 19.3 Å². The lowest BCUT2D eigenvalue weighted by Crippen LogP contribution is -2.55. The number of fused-ring (bicyclic) bond motifs is 2. The van der Waals surface area contributed by atoms with E-state index >= 15 is 0 Å². The molecule has 3 aromatic rings. The second-order valence-corrected chi connectivity index (χ2v) is 7.91.